The highest BCUT2D eigenvalue weighted by Gasteiger charge is 2.56. The van der Waals surface area contributed by atoms with Crippen molar-refractivity contribution in [2.75, 3.05) is 6.54 Å². The average molecular weight is 250 g/mol. The Labute approximate surface area is 110 Å². The summed E-state index contributed by atoms with van der Waals surface area (Å²) in [5, 5.41) is 3.47. The third-order valence-corrected chi connectivity index (χ3v) is 4.99. The fraction of sp³-hybridized carbons (Fsp3) is 0.933. The Bertz CT molecular complexity index is 344. The number of hydrogen-bond acceptors (Lipinski definition) is 2. The predicted octanol–water partition coefficient (Wildman–Crippen LogP) is 2.37. The lowest BCUT2D eigenvalue weighted by Gasteiger charge is -2.29. The topological polar surface area (TPSA) is 32.3 Å². The first-order chi connectivity index (χ1) is 8.52. The van der Waals surface area contributed by atoms with E-state index in [0.717, 1.165) is 18.9 Å². The van der Waals surface area contributed by atoms with Crippen LogP contribution < -0.4 is 5.32 Å². The molecule has 1 aliphatic heterocycles. The van der Waals surface area contributed by atoms with E-state index >= 15 is 0 Å². The number of nitrogens with zero attached hydrogens (tertiary/aromatic N) is 1. The Morgan fingerprint density at radius 3 is 2.56 bits per heavy atom. The lowest BCUT2D eigenvalue weighted by atomic mass is 9.99. The standard InChI is InChI=1S/C15H26N2O/c1-10(2)8-13-16-11(3)14(18)17(13)9-15(6-7-15)12-4-5-12/h10-13,16H,4-9H2,1-3H3. The van der Waals surface area contributed by atoms with Crippen molar-refractivity contribution >= 4 is 5.91 Å². The molecule has 1 amide bonds. The zero-order chi connectivity index (χ0) is 12.9. The number of carbonyl (C=O) groups excluding carboxylic acids is 1. The van der Waals surface area contributed by atoms with E-state index in [0.29, 0.717) is 17.2 Å². The highest BCUT2D eigenvalue weighted by atomic mass is 16.2. The van der Waals surface area contributed by atoms with Gasteiger partial charge in [-0.2, -0.15) is 0 Å². The van der Waals surface area contributed by atoms with E-state index < -0.39 is 0 Å². The van der Waals surface area contributed by atoms with Gasteiger partial charge in [0, 0.05) is 6.54 Å². The molecular formula is C15H26N2O. The van der Waals surface area contributed by atoms with Gasteiger partial charge in [-0.15, -0.1) is 0 Å². The van der Waals surface area contributed by atoms with Gasteiger partial charge in [-0.05, 0) is 56.3 Å². The SMILES string of the molecule is CC(C)CC1NC(C)C(=O)N1CC1(C2CC2)CC1. The zero-order valence-electron chi connectivity index (χ0n) is 11.9. The van der Waals surface area contributed by atoms with Gasteiger partial charge in [-0.25, -0.2) is 0 Å². The summed E-state index contributed by atoms with van der Waals surface area (Å²) in [4.78, 5) is 14.5. The van der Waals surface area contributed by atoms with Crippen molar-refractivity contribution in [2.24, 2.45) is 17.3 Å². The minimum atomic E-state index is 0.0174. The van der Waals surface area contributed by atoms with Gasteiger partial charge in [-0.1, -0.05) is 13.8 Å². The fourth-order valence-electron chi connectivity index (χ4n) is 3.57. The summed E-state index contributed by atoms with van der Waals surface area (Å²) < 4.78 is 0. The van der Waals surface area contributed by atoms with Gasteiger partial charge in [0.25, 0.3) is 0 Å². The van der Waals surface area contributed by atoms with Crippen LogP contribution in [0.4, 0.5) is 0 Å². The van der Waals surface area contributed by atoms with E-state index in [1.54, 1.807) is 0 Å². The van der Waals surface area contributed by atoms with Gasteiger partial charge in [-0.3, -0.25) is 10.1 Å². The van der Waals surface area contributed by atoms with Gasteiger partial charge in [0.05, 0.1) is 12.2 Å². The molecule has 0 aromatic carbocycles. The van der Waals surface area contributed by atoms with Crippen LogP contribution in [0.1, 0.15) is 52.9 Å². The molecule has 3 rings (SSSR count). The van der Waals surface area contributed by atoms with Crippen LogP contribution in [0.25, 0.3) is 0 Å². The van der Waals surface area contributed by atoms with Crippen molar-refractivity contribution in [1.82, 2.24) is 10.2 Å². The van der Waals surface area contributed by atoms with Crippen molar-refractivity contribution in [2.45, 2.75) is 65.1 Å². The van der Waals surface area contributed by atoms with Crippen LogP contribution >= 0.6 is 0 Å². The number of carbonyl (C=O) groups is 1. The highest BCUT2D eigenvalue weighted by molar-refractivity contribution is 5.84. The van der Waals surface area contributed by atoms with Crippen LogP contribution in [0.5, 0.6) is 0 Å². The maximum atomic E-state index is 12.3. The molecule has 102 valence electrons. The Morgan fingerprint density at radius 2 is 2.06 bits per heavy atom. The molecule has 2 unspecified atom stereocenters. The molecule has 2 atom stereocenters. The summed E-state index contributed by atoms with van der Waals surface area (Å²) in [6, 6.07) is 0.0174. The number of nitrogens with one attached hydrogen (secondary N) is 1. The number of amides is 1. The van der Waals surface area contributed by atoms with Crippen LogP contribution in [0, 0.1) is 17.3 Å². The second-order valence-electron chi connectivity index (χ2n) is 7.14. The Hall–Kier alpha value is -0.570. The van der Waals surface area contributed by atoms with E-state index in [4.69, 9.17) is 0 Å². The molecule has 3 nitrogen and oxygen atoms in total. The molecule has 18 heavy (non-hydrogen) atoms. The van der Waals surface area contributed by atoms with Crippen molar-refractivity contribution in [3.05, 3.63) is 0 Å². The molecule has 2 aliphatic carbocycles. The third-order valence-electron chi connectivity index (χ3n) is 4.99. The van der Waals surface area contributed by atoms with E-state index in [2.05, 4.69) is 24.1 Å². The number of rotatable bonds is 5. The van der Waals surface area contributed by atoms with E-state index in [-0.39, 0.29) is 12.2 Å². The van der Waals surface area contributed by atoms with Crippen molar-refractivity contribution in [3.8, 4) is 0 Å². The van der Waals surface area contributed by atoms with Gasteiger partial charge >= 0.3 is 0 Å². The molecule has 2 saturated carbocycles. The lowest BCUT2D eigenvalue weighted by Crippen LogP contribution is -2.42. The summed E-state index contributed by atoms with van der Waals surface area (Å²) >= 11 is 0. The molecule has 3 aliphatic rings. The van der Waals surface area contributed by atoms with Gasteiger partial charge in [0.15, 0.2) is 0 Å². The molecule has 0 bridgehead atoms. The van der Waals surface area contributed by atoms with Crippen molar-refractivity contribution < 1.29 is 4.79 Å². The summed E-state index contributed by atoms with van der Waals surface area (Å²) in [5.74, 6) is 1.90. The summed E-state index contributed by atoms with van der Waals surface area (Å²) in [6.45, 7) is 7.50. The summed E-state index contributed by atoms with van der Waals surface area (Å²) in [5.41, 5.74) is 0.524. The molecule has 1 saturated heterocycles. The first kappa shape index (κ1) is 12.5. The minimum Gasteiger partial charge on any atom is -0.325 e. The monoisotopic (exact) mass is 250 g/mol. The minimum absolute atomic E-state index is 0.0174. The van der Waals surface area contributed by atoms with Crippen LogP contribution in [-0.2, 0) is 4.79 Å². The smallest absolute Gasteiger partial charge is 0.240 e. The predicted molar refractivity (Wildman–Crippen MR) is 71.9 cm³/mol. The maximum Gasteiger partial charge on any atom is 0.240 e. The van der Waals surface area contributed by atoms with Crippen LogP contribution in [0.3, 0.4) is 0 Å². The number of hydrogen-bond donors (Lipinski definition) is 1. The van der Waals surface area contributed by atoms with E-state index in [9.17, 15) is 4.79 Å². The molecular weight excluding hydrogens is 224 g/mol. The second kappa shape index (κ2) is 4.22. The van der Waals surface area contributed by atoms with Gasteiger partial charge in [0.1, 0.15) is 0 Å². The first-order valence-corrected chi connectivity index (χ1v) is 7.58. The molecule has 0 radical (unpaired) electrons. The van der Waals surface area contributed by atoms with Gasteiger partial charge < -0.3 is 4.90 Å². The summed E-state index contributed by atoms with van der Waals surface area (Å²) in [7, 11) is 0. The molecule has 0 spiro atoms. The van der Waals surface area contributed by atoms with Crippen LogP contribution in [0.2, 0.25) is 0 Å². The molecule has 3 fully saturated rings. The van der Waals surface area contributed by atoms with E-state index in [1.807, 2.05) is 6.92 Å². The molecule has 0 aromatic heterocycles. The molecule has 3 heteroatoms. The fourth-order valence-corrected chi connectivity index (χ4v) is 3.57. The molecule has 1 N–H and O–H groups in total. The quantitative estimate of drug-likeness (QED) is 0.812. The molecule has 1 heterocycles. The summed E-state index contributed by atoms with van der Waals surface area (Å²) in [6.07, 6.45) is 6.87. The lowest BCUT2D eigenvalue weighted by molar-refractivity contribution is -0.130. The van der Waals surface area contributed by atoms with Crippen LogP contribution in [-0.4, -0.2) is 29.6 Å². The maximum absolute atomic E-state index is 12.3. The largest absolute Gasteiger partial charge is 0.325 e. The Kier molecular flexibility index (Phi) is 2.92. The normalized spacial score (nSPS) is 34.4. The van der Waals surface area contributed by atoms with Crippen molar-refractivity contribution in [3.63, 3.8) is 0 Å². The Balaban J connectivity index is 1.68. The van der Waals surface area contributed by atoms with Gasteiger partial charge in [0.2, 0.25) is 5.91 Å². The highest BCUT2D eigenvalue weighted by Crippen LogP contribution is 2.61. The van der Waals surface area contributed by atoms with Crippen LogP contribution in [0.15, 0.2) is 0 Å². The second-order valence-corrected chi connectivity index (χ2v) is 7.14. The van der Waals surface area contributed by atoms with Crippen molar-refractivity contribution in [1.29, 1.82) is 0 Å². The zero-order valence-corrected chi connectivity index (χ0v) is 11.9. The van der Waals surface area contributed by atoms with E-state index in [1.165, 1.54) is 25.7 Å². The molecule has 0 aromatic rings. The average Bonchev–Trinajstić information content (AvgIpc) is 3.13. The first-order valence-electron chi connectivity index (χ1n) is 7.58. The Morgan fingerprint density at radius 1 is 1.39 bits per heavy atom. The third kappa shape index (κ3) is 2.18.